The monoisotopic (exact) mass is 469 g/mol. The first-order valence-electron chi connectivity index (χ1n) is 14.8. The third-order valence-corrected chi connectivity index (χ3v) is 6.94. The predicted octanol–water partition coefficient (Wildman–Crippen LogP) is 9.31. The van der Waals surface area contributed by atoms with Gasteiger partial charge in [-0.05, 0) is 25.7 Å². The smallest absolute Gasteiger partial charge is 0.228 e. The summed E-state index contributed by atoms with van der Waals surface area (Å²) in [6.45, 7) is 13.1. The van der Waals surface area contributed by atoms with Gasteiger partial charge in [-0.25, -0.2) is 0 Å². The van der Waals surface area contributed by atoms with E-state index in [4.69, 9.17) is 5.11 Å². The molecule has 0 fully saturated rings. The number of hydrogen-bond donors (Lipinski definition) is 1. The SMILES string of the molecule is CC.CCCCCCCCC(CCCCCCCC)N(C)C(=O)C(C)(C)CCCCCCO. The summed E-state index contributed by atoms with van der Waals surface area (Å²) < 4.78 is 0. The molecule has 0 aromatic rings. The number of unbranched alkanes of at least 4 members (excludes halogenated alkanes) is 13. The quantitative estimate of drug-likeness (QED) is 0.160. The van der Waals surface area contributed by atoms with E-state index >= 15 is 0 Å². The molecule has 3 nitrogen and oxygen atoms in total. The second kappa shape index (κ2) is 24.6. The van der Waals surface area contributed by atoms with Crippen LogP contribution >= 0.6 is 0 Å². The average molecular weight is 470 g/mol. The van der Waals surface area contributed by atoms with Crippen molar-refractivity contribution >= 4 is 5.91 Å². The first-order valence-corrected chi connectivity index (χ1v) is 14.8. The van der Waals surface area contributed by atoms with Gasteiger partial charge in [0.2, 0.25) is 5.91 Å². The molecule has 1 N–H and O–H groups in total. The molecule has 3 heteroatoms. The molecular formula is C30H63NO2. The zero-order valence-corrected chi connectivity index (χ0v) is 24.0. The number of nitrogens with zero attached hydrogens (tertiary/aromatic N) is 1. The predicted molar refractivity (Wildman–Crippen MR) is 148 cm³/mol. The molecule has 0 unspecified atom stereocenters. The van der Waals surface area contributed by atoms with Gasteiger partial charge in [0.25, 0.3) is 0 Å². The van der Waals surface area contributed by atoms with Crippen molar-refractivity contribution in [2.75, 3.05) is 13.7 Å². The number of rotatable bonds is 22. The van der Waals surface area contributed by atoms with Gasteiger partial charge >= 0.3 is 0 Å². The van der Waals surface area contributed by atoms with E-state index in [1.807, 2.05) is 13.8 Å². The second-order valence-electron chi connectivity index (χ2n) is 10.5. The Kier molecular flexibility index (Phi) is 25.7. The van der Waals surface area contributed by atoms with Gasteiger partial charge in [0.15, 0.2) is 0 Å². The number of carbonyl (C=O) groups is 1. The first kappa shape index (κ1) is 34.6. The van der Waals surface area contributed by atoms with Crippen molar-refractivity contribution in [2.45, 2.75) is 170 Å². The van der Waals surface area contributed by atoms with E-state index in [9.17, 15) is 4.79 Å². The van der Waals surface area contributed by atoms with Gasteiger partial charge in [-0.15, -0.1) is 0 Å². The van der Waals surface area contributed by atoms with E-state index in [1.54, 1.807) is 0 Å². The molecular weight excluding hydrogens is 406 g/mol. The van der Waals surface area contributed by atoms with Gasteiger partial charge in [0.1, 0.15) is 0 Å². The van der Waals surface area contributed by atoms with Crippen molar-refractivity contribution in [2.24, 2.45) is 5.41 Å². The number of aliphatic hydroxyl groups excluding tert-OH is 1. The number of aliphatic hydroxyl groups is 1. The van der Waals surface area contributed by atoms with E-state index in [1.165, 1.54) is 77.0 Å². The minimum Gasteiger partial charge on any atom is -0.396 e. The molecule has 1 amide bonds. The molecule has 0 rings (SSSR count). The van der Waals surface area contributed by atoms with Crippen LogP contribution in [-0.4, -0.2) is 35.6 Å². The Labute approximate surface area is 209 Å². The number of amides is 1. The van der Waals surface area contributed by atoms with E-state index < -0.39 is 0 Å². The van der Waals surface area contributed by atoms with Crippen molar-refractivity contribution in [3.8, 4) is 0 Å². The lowest BCUT2D eigenvalue weighted by molar-refractivity contribution is -0.142. The van der Waals surface area contributed by atoms with E-state index in [0.717, 1.165) is 44.9 Å². The van der Waals surface area contributed by atoms with Crippen LogP contribution in [0.1, 0.15) is 164 Å². The van der Waals surface area contributed by atoms with Crippen molar-refractivity contribution < 1.29 is 9.90 Å². The van der Waals surface area contributed by atoms with Crippen LogP contribution in [0.3, 0.4) is 0 Å². The third kappa shape index (κ3) is 19.4. The highest BCUT2D eigenvalue weighted by Crippen LogP contribution is 2.29. The Morgan fingerprint density at radius 3 is 1.55 bits per heavy atom. The maximum absolute atomic E-state index is 13.4. The molecule has 0 aromatic heterocycles. The molecule has 0 aliphatic carbocycles. The molecule has 0 saturated carbocycles. The van der Waals surface area contributed by atoms with Crippen LogP contribution < -0.4 is 0 Å². The fourth-order valence-electron chi connectivity index (χ4n) is 4.63. The van der Waals surface area contributed by atoms with Crippen LogP contribution in [0.5, 0.6) is 0 Å². The van der Waals surface area contributed by atoms with Crippen LogP contribution in [-0.2, 0) is 4.79 Å². The minimum atomic E-state index is -0.283. The summed E-state index contributed by atoms with van der Waals surface area (Å²) in [5, 5.41) is 8.95. The van der Waals surface area contributed by atoms with Crippen molar-refractivity contribution in [3.05, 3.63) is 0 Å². The standard InChI is InChI=1S/C28H57NO2.C2H6/c1-6-8-10-12-14-18-22-26(23-19-15-13-11-9-7-2)29(5)27(31)28(3,4)24-20-16-17-21-25-30;1-2/h26,30H,6-25H2,1-5H3;1-2H3. The molecule has 33 heavy (non-hydrogen) atoms. The van der Waals surface area contributed by atoms with Crippen LogP contribution in [0.2, 0.25) is 0 Å². The Balaban J connectivity index is 0. The molecule has 0 bridgehead atoms. The van der Waals surface area contributed by atoms with Crippen LogP contribution in [0.4, 0.5) is 0 Å². The van der Waals surface area contributed by atoms with Gasteiger partial charge < -0.3 is 10.0 Å². The Morgan fingerprint density at radius 2 is 1.09 bits per heavy atom. The van der Waals surface area contributed by atoms with Crippen LogP contribution in [0.15, 0.2) is 0 Å². The van der Waals surface area contributed by atoms with Crippen molar-refractivity contribution in [3.63, 3.8) is 0 Å². The summed E-state index contributed by atoms with van der Waals surface area (Å²) in [6, 6.07) is 0.401. The van der Waals surface area contributed by atoms with E-state index in [2.05, 4.69) is 39.6 Å². The maximum atomic E-state index is 13.4. The lowest BCUT2D eigenvalue weighted by atomic mass is 9.84. The molecule has 0 saturated heterocycles. The maximum Gasteiger partial charge on any atom is 0.228 e. The highest BCUT2D eigenvalue weighted by atomic mass is 16.2. The minimum absolute atomic E-state index is 0.281. The first-order chi connectivity index (χ1) is 15.9. The van der Waals surface area contributed by atoms with Gasteiger partial charge in [0.05, 0.1) is 0 Å². The zero-order valence-electron chi connectivity index (χ0n) is 24.0. The van der Waals surface area contributed by atoms with E-state index in [0.29, 0.717) is 11.9 Å². The molecule has 0 aliphatic heterocycles. The highest BCUT2D eigenvalue weighted by Gasteiger charge is 2.32. The molecule has 0 radical (unpaired) electrons. The van der Waals surface area contributed by atoms with Crippen LogP contribution in [0, 0.1) is 5.41 Å². The molecule has 0 aliphatic rings. The number of hydrogen-bond acceptors (Lipinski definition) is 2. The van der Waals surface area contributed by atoms with Gasteiger partial charge in [-0.2, -0.15) is 0 Å². The molecule has 0 heterocycles. The van der Waals surface area contributed by atoms with Gasteiger partial charge in [-0.1, -0.05) is 138 Å². The molecule has 0 spiro atoms. The Morgan fingerprint density at radius 1 is 0.697 bits per heavy atom. The van der Waals surface area contributed by atoms with Crippen molar-refractivity contribution in [1.29, 1.82) is 0 Å². The summed E-state index contributed by atoms with van der Waals surface area (Å²) in [4.78, 5) is 15.5. The Hall–Kier alpha value is -0.570. The van der Waals surface area contributed by atoms with Gasteiger partial charge in [-0.3, -0.25) is 4.79 Å². The lowest BCUT2D eigenvalue weighted by Gasteiger charge is -2.35. The summed E-state index contributed by atoms with van der Waals surface area (Å²) in [7, 11) is 2.06. The van der Waals surface area contributed by atoms with Gasteiger partial charge in [0, 0.05) is 25.1 Å². The highest BCUT2D eigenvalue weighted by molar-refractivity contribution is 5.82. The average Bonchev–Trinajstić information content (AvgIpc) is 2.82. The molecule has 200 valence electrons. The number of carbonyl (C=O) groups excluding carboxylic acids is 1. The van der Waals surface area contributed by atoms with Crippen LogP contribution in [0.25, 0.3) is 0 Å². The fourth-order valence-corrected chi connectivity index (χ4v) is 4.63. The van der Waals surface area contributed by atoms with E-state index in [-0.39, 0.29) is 12.0 Å². The topological polar surface area (TPSA) is 40.5 Å². The zero-order chi connectivity index (χ0) is 25.4. The summed E-state index contributed by atoms with van der Waals surface area (Å²) in [5.74, 6) is 0.330. The lowest BCUT2D eigenvalue weighted by Crippen LogP contribution is -2.44. The second-order valence-corrected chi connectivity index (χ2v) is 10.5. The summed E-state index contributed by atoms with van der Waals surface area (Å²) in [5.41, 5.74) is -0.283. The largest absolute Gasteiger partial charge is 0.396 e. The molecule has 0 aromatic carbocycles. The normalized spacial score (nSPS) is 11.4. The Bertz CT molecular complexity index is 392. The fraction of sp³-hybridized carbons (Fsp3) is 0.967. The van der Waals surface area contributed by atoms with Crippen molar-refractivity contribution in [1.82, 2.24) is 4.90 Å². The molecule has 0 atom stereocenters. The summed E-state index contributed by atoms with van der Waals surface area (Å²) >= 11 is 0. The summed E-state index contributed by atoms with van der Waals surface area (Å²) in [6.07, 6.45) is 23.2. The third-order valence-electron chi connectivity index (χ3n) is 6.94.